The second-order valence-corrected chi connectivity index (χ2v) is 6.85. The number of hydrogen-bond donors (Lipinski definition) is 1. The third-order valence-electron chi connectivity index (χ3n) is 5.05. The van der Waals surface area contributed by atoms with Crippen LogP contribution in [0.1, 0.15) is 51.9 Å². The van der Waals surface area contributed by atoms with Gasteiger partial charge in [0.1, 0.15) is 0 Å². The molecule has 1 aliphatic heterocycles. The lowest BCUT2D eigenvalue weighted by Crippen LogP contribution is -2.53. The van der Waals surface area contributed by atoms with Crippen LogP contribution in [-0.4, -0.2) is 41.1 Å². The SMILES string of the molecule is CC(CCCl)CCN1CCC2(O)CCCCC2C1. The molecule has 2 fully saturated rings. The number of fused-ring (bicyclic) bond motifs is 1. The van der Waals surface area contributed by atoms with Crippen LogP contribution in [0.25, 0.3) is 0 Å². The van der Waals surface area contributed by atoms with Crippen LogP contribution in [0.5, 0.6) is 0 Å². The topological polar surface area (TPSA) is 23.5 Å². The molecule has 0 bridgehead atoms. The minimum atomic E-state index is -0.323. The highest BCUT2D eigenvalue weighted by Crippen LogP contribution is 2.39. The largest absolute Gasteiger partial charge is 0.390 e. The van der Waals surface area contributed by atoms with Crippen molar-refractivity contribution in [1.82, 2.24) is 4.90 Å². The molecule has 18 heavy (non-hydrogen) atoms. The van der Waals surface area contributed by atoms with Gasteiger partial charge in [0, 0.05) is 24.9 Å². The van der Waals surface area contributed by atoms with Gasteiger partial charge in [-0.25, -0.2) is 0 Å². The predicted octanol–water partition coefficient (Wildman–Crippen LogP) is 3.27. The van der Waals surface area contributed by atoms with Gasteiger partial charge < -0.3 is 10.0 Å². The fourth-order valence-corrected chi connectivity index (χ4v) is 3.95. The van der Waals surface area contributed by atoms with Gasteiger partial charge in [0.2, 0.25) is 0 Å². The lowest BCUT2D eigenvalue weighted by molar-refractivity contribution is -0.0956. The van der Waals surface area contributed by atoms with E-state index >= 15 is 0 Å². The highest BCUT2D eigenvalue weighted by Gasteiger charge is 2.42. The molecule has 2 aliphatic rings. The lowest BCUT2D eigenvalue weighted by atomic mass is 9.71. The Hall–Kier alpha value is 0.210. The maximum Gasteiger partial charge on any atom is 0.0700 e. The van der Waals surface area contributed by atoms with E-state index in [4.69, 9.17) is 11.6 Å². The normalized spacial score (nSPS) is 35.2. The summed E-state index contributed by atoms with van der Waals surface area (Å²) in [5.74, 6) is 2.04. The molecule has 1 saturated heterocycles. The van der Waals surface area contributed by atoms with Crippen molar-refractivity contribution in [3.05, 3.63) is 0 Å². The van der Waals surface area contributed by atoms with E-state index in [0.29, 0.717) is 5.92 Å². The van der Waals surface area contributed by atoms with E-state index in [2.05, 4.69) is 11.8 Å². The number of rotatable bonds is 5. The summed E-state index contributed by atoms with van der Waals surface area (Å²) < 4.78 is 0. The minimum Gasteiger partial charge on any atom is -0.390 e. The van der Waals surface area contributed by atoms with Gasteiger partial charge in [0.15, 0.2) is 0 Å². The molecule has 3 atom stereocenters. The van der Waals surface area contributed by atoms with Gasteiger partial charge in [-0.3, -0.25) is 0 Å². The fourth-order valence-electron chi connectivity index (χ4n) is 3.58. The Morgan fingerprint density at radius 1 is 1.33 bits per heavy atom. The average molecular weight is 274 g/mol. The molecule has 0 aromatic rings. The van der Waals surface area contributed by atoms with Crippen molar-refractivity contribution in [2.24, 2.45) is 11.8 Å². The minimum absolute atomic E-state index is 0.323. The van der Waals surface area contributed by atoms with Crippen LogP contribution < -0.4 is 0 Å². The van der Waals surface area contributed by atoms with E-state index in [-0.39, 0.29) is 5.60 Å². The zero-order chi connectivity index (χ0) is 13.0. The van der Waals surface area contributed by atoms with Crippen molar-refractivity contribution in [3.63, 3.8) is 0 Å². The van der Waals surface area contributed by atoms with Crippen molar-refractivity contribution < 1.29 is 5.11 Å². The number of hydrogen-bond acceptors (Lipinski definition) is 2. The summed E-state index contributed by atoms with van der Waals surface area (Å²) in [4.78, 5) is 2.56. The van der Waals surface area contributed by atoms with E-state index in [9.17, 15) is 5.11 Å². The Kier molecular flexibility index (Phi) is 5.35. The van der Waals surface area contributed by atoms with Crippen LogP contribution in [0.4, 0.5) is 0 Å². The molecule has 0 amide bonds. The molecule has 2 nitrogen and oxygen atoms in total. The quantitative estimate of drug-likeness (QED) is 0.777. The molecule has 2 rings (SSSR count). The van der Waals surface area contributed by atoms with Crippen LogP contribution in [0, 0.1) is 11.8 Å². The number of likely N-dealkylation sites (tertiary alicyclic amines) is 1. The number of halogens is 1. The van der Waals surface area contributed by atoms with Crippen molar-refractivity contribution in [3.8, 4) is 0 Å². The Bertz CT molecular complexity index is 261. The molecule has 0 spiro atoms. The lowest BCUT2D eigenvalue weighted by Gasteiger charge is -2.47. The molecule has 3 unspecified atom stereocenters. The second kappa shape index (κ2) is 6.58. The van der Waals surface area contributed by atoms with Gasteiger partial charge in [-0.2, -0.15) is 0 Å². The first kappa shape index (κ1) is 14.6. The maximum atomic E-state index is 10.6. The fraction of sp³-hybridized carbons (Fsp3) is 1.00. The van der Waals surface area contributed by atoms with Crippen LogP contribution in [-0.2, 0) is 0 Å². The highest BCUT2D eigenvalue weighted by molar-refractivity contribution is 6.17. The van der Waals surface area contributed by atoms with Gasteiger partial charge in [-0.15, -0.1) is 11.6 Å². The van der Waals surface area contributed by atoms with Crippen molar-refractivity contribution in [2.75, 3.05) is 25.5 Å². The summed E-state index contributed by atoms with van der Waals surface area (Å²) in [7, 11) is 0. The second-order valence-electron chi connectivity index (χ2n) is 6.47. The zero-order valence-corrected chi connectivity index (χ0v) is 12.5. The molecule has 1 heterocycles. The summed E-state index contributed by atoms with van der Waals surface area (Å²) in [6.07, 6.45) is 8.16. The van der Waals surface area contributed by atoms with Crippen LogP contribution in [0.3, 0.4) is 0 Å². The predicted molar refractivity (Wildman–Crippen MR) is 77.1 cm³/mol. The van der Waals surface area contributed by atoms with Gasteiger partial charge in [-0.05, 0) is 44.6 Å². The summed E-state index contributed by atoms with van der Waals surface area (Å²) in [5.41, 5.74) is -0.323. The molecule has 1 N–H and O–H groups in total. The van der Waals surface area contributed by atoms with Gasteiger partial charge in [-0.1, -0.05) is 19.8 Å². The number of piperidine rings is 1. The smallest absolute Gasteiger partial charge is 0.0700 e. The molecule has 0 aromatic heterocycles. The zero-order valence-electron chi connectivity index (χ0n) is 11.7. The van der Waals surface area contributed by atoms with E-state index in [1.165, 1.54) is 32.2 Å². The standard InChI is InChI=1S/C15H28ClNO/c1-13(5-9-16)6-10-17-11-8-15(18)7-3-2-4-14(15)12-17/h13-14,18H,2-12H2,1H3. The maximum absolute atomic E-state index is 10.6. The van der Waals surface area contributed by atoms with E-state index in [1.807, 2.05) is 0 Å². The number of nitrogens with zero attached hydrogens (tertiary/aromatic N) is 1. The van der Waals surface area contributed by atoms with E-state index in [1.54, 1.807) is 0 Å². The molecule has 0 radical (unpaired) electrons. The molecular formula is C15H28ClNO. The first-order chi connectivity index (χ1) is 8.64. The van der Waals surface area contributed by atoms with E-state index < -0.39 is 0 Å². The summed E-state index contributed by atoms with van der Waals surface area (Å²) in [5, 5.41) is 10.6. The third kappa shape index (κ3) is 3.61. The summed E-state index contributed by atoms with van der Waals surface area (Å²) in [6.45, 7) is 5.68. The van der Waals surface area contributed by atoms with Gasteiger partial charge >= 0.3 is 0 Å². The number of alkyl halides is 1. The van der Waals surface area contributed by atoms with E-state index in [0.717, 1.165) is 44.1 Å². The van der Waals surface area contributed by atoms with Crippen molar-refractivity contribution in [1.29, 1.82) is 0 Å². The molecule has 1 saturated carbocycles. The molecular weight excluding hydrogens is 246 g/mol. The monoisotopic (exact) mass is 273 g/mol. The van der Waals surface area contributed by atoms with Crippen LogP contribution >= 0.6 is 11.6 Å². The van der Waals surface area contributed by atoms with Crippen LogP contribution in [0.15, 0.2) is 0 Å². The number of aliphatic hydroxyl groups is 1. The highest BCUT2D eigenvalue weighted by atomic mass is 35.5. The third-order valence-corrected chi connectivity index (χ3v) is 5.27. The molecule has 106 valence electrons. The van der Waals surface area contributed by atoms with Crippen LogP contribution in [0.2, 0.25) is 0 Å². The Morgan fingerprint density at radius 2 is 2.17 bits per heavy atom. The molecule has 3 heteroatoms. The summed E-state index contributed by atoms with van der Waals surface area (Å²) >= 11 is 5.78. The Balaban J connectivity index is 1.76. The summed E-state index contributed by atoms with van der Waals surface area (Å²) in [6, 6.07) is 0. The molecule has 1 aliphatic carbocycles. The van der Waals surface area contributed by atoms with Gasteiger partial charge in [0.05, 0.1) is 5.60 Å². The molecule has 0 aromatic carbocycles. The average Bonchev–Trinajstić information content (AvgIpc) is 2.36. The first-order valence-electron chi connectivity index (χ1n) is 7.65. The van der Waals surface area contributed by atoms with Crippen molar-refractivity contribution in [2.45, 2.75) is 57.5 Å². The van der Waals surface area contributed by atoms with Gasteiger partial charge in [0.25, 0.3) is 0 Å². The first-order valence-corrected chi connectivity index (χ1v) is 8.18. The Labute approximate surface area is 117 Å². The Morgan fingerprint density at radius 3 is 2.94 bits per heavy atom. The van der Waals surface area contributed by atoms with Crippen molar-refractivity contribution >= 4 is 11.6 Å².